The van der Waals surface area contributed by atoms with Gasteiger partial charge in [-0.2, -0.15) is 4.72 Å². The van der Waals surface area contributed by atoms with Gasteiger partial charge in [0.1, 0.15) is 9.78 Å². The van der Waals surface area contributed by atoms with E-state index in [1.807, 2.05) is 12.1 Å². The second-order valence-corrected chi connectivity index (χ2v) is 11.0. The number of hydrogen-bond acceptors (Lipinski definition) is 5. The van der Waals surface area contributed by atoms with Crippen LogP contribution in [0.4, 0.5) is 0 Å². The molecule has 3 unspecified atom stereocenters. The molecule has 1 saturated carbocycles. The molecule has 2 aromatic carbocycles. The van der Waals surface area contributed by atoms with Crippen LogP contribution in [0.3, 0.4) is 0 Å². The minimum atomic E-state index is -3.98. The SMILES string of the molecule is O=C(O)C1(NS(=O)(=O)C2=CCC(c3ccc(Cl)cc3)S2)CC1c1ccc(CO)cc1. The molecule has 158 valence electrons. The first-order valence-electron chi connectivity index (χ1n) is 9.34. The van der Waals surface area contributed by atoms with Crippen LogP contribution >= 0.6 is 23.4 Å². The van der Waals surface area contributed by atoms with Crippen molar-refractivity contribution in [2.75, 3.05) is 0 Å². The fourth-order valence-electron chi connectivity index (χ4n) is 3.70. The molecule has 0 amide bonds. The minimum Gasteiger partial charge on any atom is -0.480 e. The van der Waals surface area contributed by atoms with Gasteiger partial charge in [-0.15, -0.1) is 11.8 Å². The number of nitrogens with one attached hydrogen (secondary N) is 1. The summed E-state index contributed by atoms with van der Waals surface area (Å²) in [4.78, 5) is 12.0. The van der Waals surface area contributed by atoms with Crippen LogP contribution in [0.15, 0.2) is 58.8 Å². The Bertz CT molecular complexity index is 1100. The lowest BCUT2D eigenvalue weighted by atomic mass is 10.0. The number of hydrogen-bond donors (Lipinski definition) is 3. The van der Waals surface area contributed by atoms with Crippen LogP contribution in [0.25, 0.3) is 0 Å². The number of sulfonamides is 1. The zero-order valence-electron chi connectivity index (χ0n) is 15.8. The van der Waals surface area contributed by atoms with Crippen LogP contribution < -0.4 is 4.72 Å². The molecule has 0 saturated heterocycles. The Morgan fingerprint density at radius 1 is 1.13 bits per heavy atom. The van der Waals surface area contributed by atoms with Gasteiger partial charge < -0.3 is 10.2 Å². The number of carboxylic acids is 1. The molecule has 0 bridgehead atoms. The highest BCUT2D eigenvalue weighted by Crippen LogP contribution is 2.54. The van der Waals surface area contributed by atoms with Gasteiger partial charge >= 0.3 is 5.97 Å². The molecule has 0 spiro atoms. The highest BCUT2D eigenvalue weighted by molar-refractivity contribution is 8.18. The monoisotopic (exact) mass is 465 g/mol. The van der Waals surface area contributed by atoms with Crippen molar-refractivity contribution in [1.29, 1.82) is 0 Å². The molecule has 2 aromatic rings. The molecule has 6 nitrogen and oxygen atoms in total. The number of aliphatic carboxylic acids is 1. The maximum Gasteiger partial charge on any atom is 0.325 e. The van der Waals surface area contributed by atoms with E-state index in [9.17, 15) is 18.3 Å². The third-order valence-electron chi connectivity index (χ3n) is 5.49. The second kappa shape index (κ2) is 8.01. The van der Waals surface area contributed by atoms with Crippen LogP contribution in [0.2, 0.25) is 5.02 Å². The Hall–Kier alpha value is -1.84. The number of aliphatic hydroxyl groups is 1. The van der Waals surface area contributed by atoms with Gasteiger partial charge in [0.15, 0.2) is 0 Å². The third kappa shape index (κ3) is 4.02. The lowest BCUT2D eigenvalue weighted by Gasteiger charge is -2.17. The molecule has 3 N–H and O–H groups in total. The van der Waals surface area contributed by atoms with Crippen molar-refractivity contribution < 1.29 is 23.4 Å². The van der Waals surface area contributed by atoms with Crippen molar-refractivity contribution in [2.45, 2.75) is 36.2 Å². The van der Waals surface area contributed by atoms with Crippen LogP contribution in [0, 0.1) is 0 Å². The Morgan fingerprint density at radius 3 is 2.37 bits per heavy atom. The molecule has 3 atom stereocenters. The van der Waals surface area contributed by atoms with Crippen LogP contribution in [-0.4, -0.2) is 30.1 Å². The number of aliphatic hydroxyl groups excluding tert-OH is 1. The molecule has 0 radical (unpaired) electrons. The average molecular weight is 466 g/mol. The lowest BCUT2D eigenvalue weighted by Crippen LogP contribution is -2.44. The Labute approximate surface area is 184 Å². The van der Waals surface area contributed by atoms with Crippen molar-refractivity contribution in [1.82, 2.24) is 4.72 Å². The summed E-state index contributed by atoms with van der Waals surface area (Å²) < 4.78 is 28.6. The van der Waals surface area contributed by atoms with E-state index in [1.165, 1.54) is 11.8 Å². The maximum atomic E-state index is 13.0. The molecule has 1 aliphatic heterocycles. The minimum absolute atomic E-state index is 0.0596. The van der Waals surface area contributed by atoms with Crippen molar-refractivity contribution in [3.05, 3.63) is 80.6 Å². The van der Waals surface area contributed by atoms with E-state index in [1.54, 1.807) is 42.5 Å². The number of carboxylic acid groups (broad SMARTS) is 1. The van der Waals surface area contributed by atoms with E-state index < -0.39 is 27.4 Å². The van der Waals surface area contributed by atoms with Gasteiger partial charge in [-0.05, 0) is 41.7 Å². The normalized spacial score (nSPS) is 25.7. The third-order valence-corrected chi connectivity index (χ3v) is 9.16. The van der Waals surface area contributed by atoms with E-state index in [2.05, 4.69) is 4.72 Å². The summed E-state index contributed by atoms with van der Waals surface area (Å²) >= 11 is 7.12. The van der Waals surface area contributed by atoms with Crippen LogP contribution in [-0.2, 0) is 21.4 Å². The molecular formula is C21H20ClNO5S2. The summed E-state index contributed by atoms with van der Waals surface area (Å²) in [6, 6.07) is 14.1. The first-order chi connectivity index (χ1) is 14.2. The zero-order chi connectivity index (χ0) is 21.5. The summed E-state index contributed by atoms with van der Waals surface area (Å²) in [6.45, 7) is -0.109. The van der Waals surface area contributed by atoms with Gasteiger partial charge in [-0.1, -0.05) is 54.1 Å². The summed E-state index contributed by atoms with van der Waals surface area (Å²) in [5.41, 5.74) is 0.845. The fraction of sp³-hybridized carbons (Fsp3) is 0.286. The smallest absolute Gasteiger partial charge is 0.325 e. The van der Waals surface area contributed by atoms with E-state index in [0.29, 0.717) is 17.0 Å². The number of allylic oxidation sites excluding steroid dienone is 1. The summed E-state index contributed by atoms with van der Waals surface area (Å²) in [5.74, 6) is -1.66. The van der Waals surface area contributed by atoms with Gasteiger partial charge in [0.05, 0.1) is 6.61 Å². The van der Waals surface area contributed by atoms with E-state index >= 15 is 0 Å². The number of halogens is 1. The summed E-state index contributed by atoms with van der Waals surface area (Å²) in [7, 11) is -3.98. The topological polar surface area (TPSA) is 104 Å². The molecule has 9 heteroatoms. The van der Waals surface area contributed by atoms with Gasteiger partial charge in [0.2, 0.25) is 10.0 Å². The van der Waals surface area contributed by atoms with Crippen LogP contribution in [0.1, 0.15) is 40.7 Å². The van der Waals surface area contributed by atoms with E-state index in [4.69, 9.17) is 16.7 Å². The maximum absolute atomic E-state index is 13.0. The average Bonchev–Trinajstić information content (AvgIpc) is 3.21. The first kappa shape index (κ1) is 21.4. The van der Waals surface area contributed by atoms with Crippen LogP contribution in [0.5, 0.6) is 0 Å². The second-order valence-electron chi connectivity index (χ2n) is 7.46. The number of carbonyl (C=O) groups is 1. The lowest BCUT2D eigenvalue weighted by molar-refractivity contribution is -0.140. The first-order valence-corrected chi connectivity index (χ1v) is 12.1. The van der Waals surface area contributed by atoms with Crippen molar-refractivity contribution in [3.63, 3.8) is 0 Å². The largest absolute Gasteiger partial charge is 0.480 e. The predicted molar refractivity (Wildman–Crippen MR) is 117 cm³/mol. The molecule has 4 rings (SSSR count). The van der Waals surface area contributed by atoms with E-state index in [0.717, 1.165) is 11.1 Å². The van der Waals surface area contributed by atoms with Gasteiger partial charge in [-0.3, -0.25) is 4.79 Å². The highest BCUT2D eigenvalue weighted by atomic mass is 35.5. The quantitative estimate of drug-likeness (QED) is 0.575. The highest BCUT2D eigenvalue weighted by Gasteiger charge is 2.63. The number of rotatable bonds is 7. The molecule has 1 aliphatic carbocycles. The van der Waals surface area contributed by atoms with Gasteiger partial charge in [-0.25, -0.2) is 8.42 Å². The number of thioether (sulfide) groups is 1. The number of benzene rings is 2. The zero-order valence-corrected chi connectivity index (χ0v) is 18.2. The summed E-state index contributed by atoms with van der Waals surface area (Å²) in [6.07, 6.45) is 2.35. The molecule has 30 heavy (non-hydrogen) atoms. The van der Waals surface area contributed by atoms with Gasteiger partial charge in [0, 0.05) is 16.2 Å². The Morgan fingerprint density at radius 2 is 1.77 bits per heavy atom. The summed E-state index contributed by atoms with van der Waals surface area (Å²) in [5, 5.41) is 19.5. The molecular weight excluding hydrogens is 446 g/mol. The molecule has 2 aliphatic rings. The predicted octanol–water partition coefficient (Wildman–Crippen LogP) is 3.78. The van der Waals surface area contributed by atoms with Crippen molar-refractivity contribution >= 4 is 39.4 Å². The molecule has 0 aromatic heterocycles. The van der Waals surface area contributed by atoms with Crippen molar-refractivity contribution in [3.8, 4) is 0 Å². The van der Waals surface area contributed by atoms with Gasteiger partial charge in [0.25, 0.3) is 0 Å². The van der Waals surface area contributed by atoms with Crippen molar-refractivity contribution in [2.24, 2.45) is 0 Å². The Kier molecular flexibility index (Phi) is 5.71. The fourth-order valence-corrected chi connectivity index (χ4v) is 6.97. The molecule has 1 fully saturated rings. The molecule has 1 heterocycles. The standard InChI is InChI=1S/C21H20ClNO5S2/c22-16-7-5-15(6-8-16)18-9-10-19(29-18)30(27,28)23-21(20(25)26)11-17(21)14-3-1-13(12-24)2-4-14/h1-8,10,17-18,23-24H,9,11-12H2,(H,25,26). The van der Waals surface area contributed by atoms with E-state index in [-0.39, 0.29) is 22.5 Å². The Balaban J connectivity index is 1.50.